The first-order chi connectivity index (χ1) is 8.72. The van der Waals surface area contributed by atoms with Gasteiger partial charge in [-0.2, -0.15) is 0 Å². The molecule has 0 fully saturated rings. The molecule has 2 aromatic rings. The third kappa shape index (κ3) is 2.33. The summed E-state index contributed by atoms with van der Waals surface area (Å²) in [7, 11) is 0. The van der Waals surface area contributed by atoms with Crippen LogP contribution in [0.2, 0.25) is 0 Å². The lowest BCUT2D eigenvalue weighted by molar-refractivity contribution is 0.271. The van der Waals surface area contributed by atoms with Crippen LogP contribution in [0.15, 0.2) is 46.9 Å². The van der Waals surface area contributed by atoms with Crippen LogP contribution in [0.4, 0.5) is 4.39 Å². The maximum absolute atomic E-state index is 13.6. The fourth-order valence-electron chi connectivity index (χ4n) is 2.41. The zero-order chi connectivity index (χ0) is 12.5. The molecule has 2 aromatic carbocycles. The lowest BCUT2D eigenvalue weighted by Gasteiger charge is -2.15. The summed E-state index contributed by atoms with van der Waals surface area (Å²) in [4.78, 5) is 2.26. The van der Waals surface area contributed by atoms with Gasteiger partial charge in [0.1, 0.15) is 5.82 Å². The molecule has 0 saturated heterocycles. The minimum absolute atomic E-state index is 0.116. The normalized spacial score (nSPS) is 14.8. The van der Waals surface area contributed by atoms with E-state index in [4.69, 9.17) is 0 Å². The van der Waals surface area contributed by atoms with E-state index in [0.29, 0.717) is 6.54 Å². The minimum atomic E-state index is -0.116. The first-order valence-corrected chi connectivity index (χ1v) is 6.75. The first kappa shape index (κ1) is 11.9. The number of hydrogen-bond acceptors (Lipinski definition) is 1. The van der Waals surface area contributed by atoms with Gasteiger partial charge >= 0.3 is 0 Å². The van der Waals surface area contributed by atoms with Crippen LogP contribution in [0.5, 0.6) is 0 Å². The average Bonchev–Trinajstić information content (AvgIpc) is 2.73. The molecule has 0 amide bonds. The highest BCUT2D eigenvalue weighted by Crippen LogP contribution is 2.27. The van der Waals surface area contributed by atoms with Gasteiger partial charge in [0.15, 0.2) is 0 Å². The molecular formula is C15H13BrFN. The van der Waals surface area contributed by atoms with Crippen molar-refractivity contribution in [3.8, 4) is 0 Å². The lowest BCUT2D eigenvalue weighted by atomic mass is 10.1. The quantitative estimate of drug-likeness (QED) is 0.807. The summed E-state index contributed by atoms with van der Waals surface area (Å²) in [5, 5.41) is 0. The van der Waals surface area contributed by atoms with Crippen LogP contribution in [0.1, 0.15) is 16.7 Å². The van der Waals surface area contributed by atoms with E-state index in [1.165, 1.54) is 17.2 Å². The molecule has 3 rings (SSSR count). The fraction of sp³-hybridized carbons (Fsp3) is 0.200. The van der Waals surface area contributed by atoms with Crippen LogP contribution in [-0.2, 0) is 19.6 Å². The Morgan fingerprint density at radius 3 is 2.67 bits per heavy atom. The predicted octanol–water partition coefficient (Wildman–Crippen LogP) is 4.10. The molecule has 0 unspecified atom stereocenters. The Hall–Kier alpha value is -1.19. The summed E-state index contributed by atoms with van der Waals surface area (Å²) < 4.78 is 14.7. The Bertz CT molecular complexity index is 582. The molecule has 0 bridgehead atoms. The van der Waals surface area contributed by atoms with Gasteiger partial charge in [0.05, 0.1) is 0 Å². The van der Waals surface area contributed by atoms with Gasteiger partial charge in [-0.1, -0.05) is 40.2 Å². The van der Waals surface area contributed by atoms with E-state index in [2.05, 4.69) is 39.0 Å². The van der Waals surface area contributed by atoms with Crippen molar-refractivity contribution >= 4 is 15.9 Å². The van der Waals surface area contributed by atoms with Gasteiger partial charge in [-0.15, -0.1) is 0 Å². The van der Waals surface area contributed by atoms with Gasteiger partial charge in [0.2, 0.25) is 0 Å². The SMILES string of the molecule is Fc1ccccc1CN1Cc2ccc(Br)cc2C1. The summed E-state index contributed by atoms with van der Waals surface area (Å²) in [5.41, 5.74) is 3.44. The van der Waals surface area contributed by atoms with E-state index in [9.17, 15) is 4.39 Å². The second-order valence-corrected chi connectivity index (χ2v) is 5.57. The second kappa shape index (κ2) is 4.82. The molecule has 0 atom stereocenters. The zero-order valence-corrected chi connectivity index (χ0v) is 11.5. The van der Waals surface area contributed by atoms with E-state index in [1.54, 1.807) is 6.07 Å². The summed E-state index contributed by atoms with van der Waals surface area (Å²) >= 11 is 3.48. The van der Waals surface area contributed by atoms with Crippen LogP contribution >= 0.6 is 15.9 Å². The molecule has 18 heavy (non-hydrogen) atoms. The van der Waals surface area contributed by atoms with Crippen LogP contribution < -0.4 is 0 Å². The van der Waals surface area contributed by atoms with Gasteiger partial charge < -0.3 is 0 Å². The van der Waals surface area contributed by atoms with Crippen molar-refractivity contribution in [2.75, 3.05) is 0 Å². The van der Waals surface area contributed by atoms with E-state index < -0.39 is 0 Å². The smallest absolute Gasteiger partial charge is 0.127 e. The Balaban J connectivity index is 1.77. The highest BCUT2D eigenvalue weighted by atomic mass is 79.9. The van der Waals surface area contributed by atoms with Gasteiger partial charge in [0, 0.05) is 29.7 Å². The van der Waals surface area contributed by atoms with Crippen LogP contribution in [0.3, 0.4) is 0 Å². The molecule has 1 aliphatic heterocycles. The van der Waals surface area contributed by atoms with Gasteiger partial charge in [-0.05, 0) is 29.3 Å². The fourth-order valence-corrected chi connectivity index (χ4v) is 2.82. The monoisotopic (exact) mass is 305 g/mol. The number of fused-ring (bicyclic) bond motifs is 1. The van der Waals surface area contributed by atoms with Crippen LogP contribution in [0, 0.1) is 5.82 Å². The maximum atomic E-state index is 13.6. The molecule has 0 aromatic heterocycles. The molecule has 1 heterocycles. The van der Waals surface area contributed by atoms with Crippen molar-refractivity contribution < 1.29 is 4.39 Å². The van der Waals surface area contributed by atoms with Gasteiger partial charge in [-0.3, -0.25) is 4.90 Å². The summed E-state index contributed by atoms with van der Waals surface area (Å²) in [6.45, 7) is 2.46. The van der Waals surface area contributed by atoms with Crippen molar-refractivity contribution in [2.45, 2.75) is 19.6 Å². The molecule has 0 aliphatic carbocycles. The van der Waals surface area contributed by atoms with Crippen LogP contribution in [-0.4, -0.2) is 4.90 Å². The highest BCUT2D eigenvalue weighted by molar-refractivity contribution is 9.10. The van der Waals surface area contributed by atoms with Crippen molar-refractivity contribution in [1.29, 1.82) is 0 Å². The molecule has 0 spiro atoms. The molecule has 3 heteroatoms. The van der Waals surface area contributed by atoms with E-state index in [-0.39, 0.29) is 5.82 Å². The molecule has 1 nitrogen and oxygen atoms in total. The maximum Gasteiger partial charge on any atom is 0.127 e. The highest BCUT2D eigenvalue weighted by Gasteiger charge is 2.19. The Labute approximate surface area is 114 Å². The van der Waals surface area contributed by atoms with Crippen LogP contribution in [0.25, 0.3) is 0 Å². The Morgan fingerprint density at radius 2 is 1.83 bits per heavy atom. The summed E-state index contributed by atoms with van der Waals surface area (Å²) in [5.74, 6) is -0.116. The van der Waals surface area contributed by atoms with Crippen molar-refractivity contribution in [1.82, 2.24) is 4.90 Å². The Kier molecular flexibility index (Phi) is 3.18. The topological polar surface area (TPSA) is 3.24 Å². The van der Waals surface area contributed by atoms with Gasteiger partial charge in [0.25, 0.3) is 0 Å². The number of benzene rings is 2. The number of rotatable bonds is 2. The largest absolute Gasteiger partial charge is 0.290 e. The third-order valence-electron chi connectivity index (χ3n) is 3.31. The predicted molar refractivity (Wildman–Crippen MR) is 73.5 cm³/mol. The molecule has 0 radical (unpaired) electrons. The standard InChI is InChI=1S/C15H13BrFN/c16-14-6-5-11-8-18(10-13(11)7-14)9-12-3-1-2-4-15(12)17/h1-7H,8-10H2. The third-order valence-corrected chi connectivity index (χ3v) is 3.80. The van der Waals surface area contributed by atoms with E-state index in [1.807, 2.05) is 12.1 Å². The molecule has 1 aliphatic rings. The summed E-state index contributed by atoms with van der Waals surface area (Å²) in [6.07, 6.45) is 0. The number of nitrogens with zero attached hydrogens (tertiary/aromatic N) is 1. The second-order valence-electron chi connectivity index (χ2n) is 4.65. The van der Waals surface area contributed by atoms with Crippen molar-refractivity contribution in [3.63, 3.8) is 0 Å². The lowest BCUT2D eigenvalue weighted by Crippen LogP contribution is -2.16. The first-order valence-electron chi connectivity index (χ1n) is 5.95. The zero-order valence-electron chi connectivity index (χ0n) is 9.87. The van der Waals surface area contributed by atoms with Crippen molar-refractivity contribution in [3.05, 3.63) is 69.4 Å². The Morgan fingerprint density at radius 1 is 1.06 bits per heavy atom. The van der Waals surface area contributed by atoms with Gasteiger partial charge in [-0.25, -0.2) is 4.39 Å². The summed E-state index contributed by atoms with van der Waals surface area (Å²) in [6, 6.07) is 13.3. The van der Waals surface area contributed by atoms with E-state index >= 15 is 0 Å². The minimum Gasteiger partial charge on any atom is -0.290 e. The molecule has 92 valence electrons. The number of halogens is 2. The molecule has 0 N–H and O–H groups in total. The van der Waals surface area contributed by atoms with Crippen molar-refractivity contribution in [2.24, 2.45) is 0 Å². The average molecular weight is 306 g/mol. The van der Waals surface area contributed by atoms with E-state index in [0.717, 1.165) is 23.1 Å². The molecule has 0 saturated carbocycles. The molecular weight excluding hydrogens is 293 g/mol. The number of hydrogen-bond donors (Lipinski definition) is 0.